The molecule has 0 aromatic heterocycles. The van der Waals surface area contributed by atoms with Gasteiger partial charge in [-0.05, 0) is 41.6 Å². The van der Waals surface area contributed by atoms with Crippen molar-refractivity contribution in [3.63, 3.8) is 0 Å². The molecule has 3 aromatic rings. The zero-order valence-corrected chi connectivity index (χ0v) is 19.3. The van der Waals surface area contributed by atoms with Crippen molar-refractivity contribution in [1.82, 2.24) is 5.32 Å². The first-order valence-corrected chi connectivity index (χ1v) is 12.6. The minimum absolute atomic E-state index is 0.0845. The van der Waals surface area contributed by atoms with Crippen molar-refractivity contribution < 1.29 is 18.0 Å². The molecule has 3 N–H and O–H groups in total. The van der Waals surface area contributed by atoms with Gasteiger partial charge >= 0.3 is 0 Å². The molecule has 170 valence electrons. The van der Waals surface area contributed by atoms with Gasteiger partial charge in [0.15, 0.2) is 5.17 Å². The van der Waals surface area contributed by atoms with Gasteiger partial charge < -0.3 is 10.2 Å². The Morgan fingerprint density at radius 1 is 0.941 bits per heavy atom. The molecular formula is C24H18N4O4S2. The highest BCUT2D eigenvalue weighted by molar-refractivity contribution is 8.18. The lowest BCUT2D eigenvalue weighted by Crippen LogP contribution is -2.26. The molecule has 34 heavy (non-hydrogen) atoms. The number of amidine groups is 1. The van der Waals surface area contributed by atoms with Crippen molar-refractivity contribution in [2.75, 3.05) is 4.90 Å². The Bertz CT molecular complexity index is 1500. The summed E-state index contributed by atoms with van der Waals surface area (Å²) >= 11 is 1.04. The van der Waals surface area contributed by atoms with E-state index in [1.165, 1.54) is 18.2 Å². The van der Waals surface area contributed by atoms with Crippen LogP contribution in [0.1, 0.15) is 11.1 Å². The van der Waals surface area contributed by atoms with Gasteiger partial charge in [0.2, 0.25) is 10.0 Å². The van der Waals surface area contributed by atoms with Gasteiger partial charge in [-0.25, -0.2) is 18.5 Å². The average molecular weight is 491 g/mol. The molecule has 1 fully saturated rings. The highest BCUT2D eigenvalue weighted by atomic mass is 32.2. The number of hydrogen-bond donors (Lipinski definition) is 2. The summed E-state index contributed by atoms with van der Waals surface area (Å²) in [5.41, 5.74) is 3.01. The number of aliphatic imine (C=N–C) groups is 1. The van der Waals surface area contributed by atoms with Crippen molar-refractivity contribution in [3.05, 3.63) is 94.9 Å². The largest absolute Gasteiger partial charge is 0.303 e. The van der Waals surface area contributed by atoms with Crippen LogP contribution < -0.4 is 15.4 Å². The molecule has 0 aliphatic carbocycles. The van der Waals surface area contributed by atoms with E-state index >= 15 is 0 Å². The number of nitrogens with one attached hydrogen (secondary N) is 1. The maximum atomic E-state index is 13.5. The SMILES string of the molecule is NS(=O)(=O)c1cccc(N=C2NC(=O)/C(=C3/C(=O)N(Cc4ccccc4)c4ccccc43)S2)c1. The van der Waals surface area contributed by atoms with E-state index in [0.29, 0.717) is 23.4 Å². The second-order valence-corrected chi connectivity index (χ2v) is 10.2. The minimum atomic E-state index is -3.89. The molecule has 3 aromatic carbocycles. The Balaban J connectivity index is 1.51. The number of rotatable bonds is 4. The van der Waals surface area contributed by atoms with Crippen LogP contribution in [0.4, 0.5) is 11.4 Å². The third-order valence-corrected chi connectivity index (χ3v) is 7.23. The van der Waals surface area contributed by atoms with Crippen LogP contribution in [0.3, 0.4) is 0 Å². The van der Waals surface area contributed by atoms with E-state index in [1.807, 2.05) is 54.6 Å². The van der Waals surface area contributed by atoms with E-state index in [0.717, 1.165) is 23.0 Å². The number of carbonyl (C=O) groups is 2. The normalized spacial score (nSPS) is 19.0. The minimum Gasteiger partial charge on any atom is -0.303 e. The van der Waals surface area contributed by atoms with E-state index in [-0.39, 0.29) is 20.9 Å². The predicted octanol–water partition coefficient (Wildman–Crippen LogP) is 3.14. The van der Waals surface area contributed by atoms with Gasteiger partial charge in [-0.2, -0.15) is 0 Å². The third kappa shape index (κ3) is 4.14. The number of benzene rings is 3. The van der Waals surface area contributed by atoms with Crippen molar-refractivity contribution in [2.24, 2.45) is 10.1 Å². The molecule has 10 heteroatoms. The van der Waals surface area contributed by atoms with Gasteiger partial charge in [0, 0.05) is 5.56 Å². The number of para-hydroxylation sites is 1. The smallest absolute Gasteiger partial charge is 0.264 e. The third-order valence-electron chi connectivity index (χ3n) is 5.34. The molecule has 1 saturated heterocycles. The number of nitrogens with zero attached hydrogens (tertiary/aromatic N) is 2. The Kier molecular flexibility index (Phi) is 5.56. The lowest BCUT2D eigenvalue weighted by molar-refractivity contribution is -0.116. The number of fused-ring (bicyclic) bond motifs is 1. The van der Waals surface area contributed by atoms with Crippen LogP contribution in [0, 0.1) is 0 Å². The second kappa shape index (κ2) is 8.56. The lowest BCUT2D eigenvalue weighted by atomic mass is 10.1. The number of amides is 2. The summed E-state index contributed by atoms with van der Waals surface area (Å²) in [7, 11) is -3.89. The number of thioether (sulfide) groups is 1. The molecule has 2 amide bonds. The van der Waals surface area contributed by atoms with Gasteiger partial charge in [-0.15, -0.1) is 0 Å². The van der Waals surface area contributed by atoms with E-state index in [4.69, 9.17) is 5.14 Å². The molecule has 0 bridgehead atoms. The summed E-state index contributed by atoms with van der Waals surface area (Å²) in [5.74, 6) is -0.703. The fraction of sp³-hybridized carbons (Fsp3) is 0.0417. The number of nitrogens with two attached hydrogens (primary N) is 1. The topological polar surface area (TPSA) is 122 Å². The Morgan fingerprint density at radius 2 is 1.68 bits per heavy atom. The van der Waals surface area contributed by atoms with Crippen LogP contribution in [0.5, 0.6) is 0 Å². The zero-order valence-electron chi connectivity index (χ0n) is 17.6. The Labute approximate surface area is 200 Å². The van der Waals surface area contributed by atoms with Gasteiger partial charge in [0.1, 0.15) is 0 Å². The van der Waals surface area contributed by atoms with Gasteiger partial charge in [-0.1, -0.05) is 54.6 Å². The molecule has 5 rings (SSSR count). The second-order valence-electron chi connectivity index (χ2n) is 7.61. The van der Waals surface area contributed by atoms with Gasteiger partial charge in [-0.3, -0.25) is 9.59 Å². The van der Waals surface area contributed by atoms with Crippen LogP contribution >= 0.6 is 11.8 Å². The summed E-state index contributed by atoms with van der Waals surface area (Å²) in [6, 6.07) is 22.8. The summed E-state index contributed by atoms with van der Waals surface area (Å²) in [6.07, 6.45) is 0. The maximum Gasteiger partial charge on any atom is 0.264 e. The fourth-order valence-corrected chi connectivity index (χ4v) is 5.29. The Hall–Kier alpha value is -3.73. The number of primary sulfonamides is 1. The number of anilines is 1. The molecule has 0 saturated carbocycles. The molecule has 0 atom stereocenters. The van der Waals surface area contributed by atoms with Crippen LogP contribution in [0.25, 0.3) is 5.57 Å². The number of sulfonamides is 1. The summed E-state index contributed by atoms with van der Waals surface area (Å²) in [5, 5.41) is 8.10. The molecule has 8 nitrogen and oxygen atoms in total. The molecule has 2 aliphatic rings. The van der Waals surface area contributed by atoms with Crippen molar-refractivity contribution in [2.45, 2.75) is 11.4 Å². The summed E-state index contributed by atoms with van der Waals surface area (Å²) < 4.78 is 23.2. The van der Waals surface area contributed by atoms with Crippen molar-refractivity contribution in [1.29, 1.82) is 0 Å². The highest BCUT2D eigenvalue weighted by Crippen LogP contribution is 2.43. The molecule has 0 unspecified atom stereocenters. The van der Waals surface area contributed by atoms with E-state index in [2.05, 4.69) is 10.3 Å². The van der Waals surface area contributed by atoms with Crippen LogP contribution in [0.2, 0.25) is 0 Å². The molecule has 2 aliphatic heterocycles. The molecule has 0 radical (unpaired) electrons. The first kappa shape index (κ1) is 22.1. The average Bonchev–Trinajstić information content (AvgIpc) is 3.30. The first-order valence-electron chi connectivity index (χ1n) is 10.2. The molecule has 0 spiro atoms. The van der Waals surface area contributed by atoms with Gasteiger partial charge in [0.05, 0.1) is 33.3 Å². The van der Waals surface area contributed by atoms with Crippen LogP contribution in [-0.2, 0) is 26.2 Å². The van der Waals surface area contributed by atoms with E-state index < -0.39 is 15.9 Å². The zero-order chi connectivity index (χ0) is 23.9. The monoisotopic (exact) mass is 490 g/mol. The lowest BCUT2D eigenvalue weighted by Gasteiger charge is -2.17. The molecular weight excluding hydrogens is 472 g/mol. The quantitative estimate of drug-likeness (QED) is 0.544. The van der Waals surface area contributed by atoms with E-state index in [9.17, 15) is 18.0 Å². The van der Waals surface area contributed by atoms with Crippen LogP contribution in [-0.4, -0.2) is 25.4 Å². The summed E-state index contributed by atoms with van der Waals surface area (Å²) in [6.45, 7) is 0.376. The number of hydrogen-bond acceptors (Lipinski definition) is 6. The number of carbonyl (C=O) groups excluding carboxylic acids is 2. The fourth-order valence-electron chi connectivity index (χ4n) is 3.81. The standard InChI is InChI=1S/C24H18N4O4S2/c25-34(31,32)17-10-6-9-16(13-17)26-24-27-22(29)21(33-24)20-18-11-4-5-12-19(18)28(23(20)30)14-15-7-2-1-3-8-15/h1-13H,14H2,(H2,25,31,32)(H,26,27,29)/b21-20-. The Morgan fingerprint density at radius 3 is 2.44 bits per heavy atom. The predicted molar refractivity (Wildman–Crippen MR) is 132 cm³/mol. The van der Waals surface area contributed by atoms with Crippen LogP contribution in [0.15, 0.2) is 93.7 Å². The van der Waals surface area contributed by atoms with Crippen molar-refractivity contribution >= 4 is 55.7 Å². The van der Waals surface area contributed by atoms with Gasteiger partial charge in [0.25, 0.3) is 11.8 Å². The summed E-state index contributed by atoms with van der Waals surface area (Å²) in [4.78, 5) is 32.5. The molecule has 2 heterocycles. The highest BCUT2D eigenvalue weighted by Gasteiger charge is 2.39. The first-order chi connectivity index (χ1) is 16.3. The van der Waals surface area contributed by atoms with Crippen molar-refractivity contribution in [3.8, 4) is 0 Å². The van der Waals surface area contributed by atoms with E-state index in [1.54, 1.807) is 11.0 Å². The maximum absolute atomic E-state index is 13.5.